The van der Waals surface area contributed by atoms with Crippen LogP contribution in [0.3, 0.4) is 0 Å². The van der Waals surface area contributed by atoms with Crippen LogP contribution in [0.15, 0.2) is 18.3 Å². The molecule has 0 radical (unpaired) electrons. The summed E-state index contributed by atoms with van der Waals surface area (Å²) in [5.41, 5.74) is 4.72. The van der Waals surface area contributed by atoms with Gasteiger partial charge in [-0.25, -0.2) is 0 Å². The molecule has 0 aliphatic rings. The third kappa shape index (κ3) is 3.75. The van der Waals surface area contributed by atoms with Crippen LogP contribution in [0.1, 0.15) is 37.0 Å². The predicted molar refractivity (Wildman–Crippen MR) is 90.1 cm³/mol. The number of pyridine rings is 1. The molecular weight excluding hydrogens is 274 g/mol. The third-order valence-corrected chi connectivity index (χ3v) is 3.50. The fourth-order valence-corrected chi connectivity index (χ4v) is 2.54. The fourth-order valence-electron chi connectivity index (χ4n) is 2.54. The largest absolute Gasteiger partial charge is 0.383 e. The van der Waals surface area contributed by atoms with E-state index in [1.54, 1.807) is 6.20 Å². The van der Waals surface area contributed by atoms with Crippen molar-refractivity contribution in [2.24, 2.45) is 0 Å². The van der Waals surface area contributed by atoms with Crippen LogP contribution in [-0.2, 0) is 4.74 Å². The molecule has 4 heteroatoms. The Kier molecular flexibility index (Phi) is 5.35. The van der Waals surface area contributed by atoms with Gasteiger partial charge < -0.3 is 10.1 Å². The lowest BCUT2D eigenvalue weighted by molar-refractivity contribution is 0.0787. The van der Waals surface area contributed by atoms with Crippen molar-refractivity contribution in [2.45, 2.75) is 40.2 Å². The SMILES string of the molecule is Cc1cc(C)c2ncc(C#N)c(NCCCOC(C)C)c2c1. The van der Waals surface area contributed by atoms with E-state index in [2.05, 4.69) is 42.4 Å². The van der Waals surface area contributed by atoms with E-state index in [4.69, 9.17) is 4.74 Å². The van der Waals surface area contributed by atoms with E-state index in [-0.39, 0.29) is 6.10 Å². The smallest absolute Gasteiger partial charge is 0.103 e. The van der Waals surface area contributed by atoms with Crippen molar-refractivity contribution in [2.75, 3.05) is 18.5 Å². The molecule has 0 fully saturated rings. The molecule has 1 aromatic carbocycles. The molecule has 0 saturated heterocycles. The van der Waals surface area contributed by atoms with Crippen molar-refractivity contribution in [1.82, 2.24) is 4.98 Å². The van der Waals surface area contributed by atoms with Gasteiger partial charge in [0.05, 0.1) is 22.9 Å². The summed E-state index contributed by atoms with van der Waals surface area (Å²) in [4.78, 5) is 4.43. The highest BCUT2D eigenvalue weighted by Crippen LogP contribution is 2.28. The number of nitrogens with one attached hydrogen (secondary N) is 1. The lowest BCUT2D eigenvalue weighted by Crippen LogP contribution is -2.10. The first kappa shape index (κ1) is 16.3. The van der Waals surface area contributed by atoms with Crippen LogP contribution in [0.5, 0.6) is 0 Å². The molecular formula is C18H23N3O. The molecule has 0 saturated carbocycles. The summed E-state index contributed by atoms with van der Waals surface area (Å²) >= 11 is 0. The second-order valence-electron chi connectivity index (χ2n) is 5.84. The molecule has 0 unspecified atom stereocenters. The highest BCUT2D eigenvalue weighted by Gasteiger charge is 2.10. The minimum Gasteiger partial charge on any atom is -0.383 e. The van der Waals surface area contributed by atoms with Gasteiger partial charge in [-0.2, -0.15) is 5.26 Å². The first-order valence-electron chi connectivity index (χ1n) is 7.68. The average Bonchev–Trinajstić information content (AvgIpc) is 2.46. The number of fused-ring (bicyclic) bond motifs is 1. The summed E-state index contributed by atoms with van der Waals surface area (Å²) in [6, 6.07) is 6.43. The highest BCUT2D eigenvalue weighted by atomic mass is 16.5. The van der Waals surface area contributed by atoms with Crippen molar-refractivity contribution < 1.29 is 4.74 Å². The number of rotatable bonds is 6. The summed E-state index contributed by atoms with van der Waals surface area (Å²) in [5.74, 6) is 0. The number of nitriles is 1. The topological polar surface area (TPSA) is 57.9 Å². The fraction of sp³-hybridized carbons (Fsp3) is 0.444. The van der Waals surface area contributed by atoms with Gasteiger partial charge in [0.15, 0.2) is 0 Å². The highest BCUT2D eigenvalue weighted by molar-refractivity contribution is 5.96. The van der Waals surface area contributed by atoms with E-state index in [0.717, 1.165) is 35.1 Å². The summed E-state index contributed by atoms with van der Waals surface area (Å²) in [6.07, 6.45) is 2.80. The minimum absolute atomic E-state index is 0.252. The Bertz CT molecular complexity index is 702. The Morgan fingerprint density at radius 2 is 2.09 bits per heavy atom. The maximum Gasteiger partial charge on any atom is 0.103 e. The van der Waals surface area contributed by atoms with E-state index in [1.807, 2.05) is 13.8 Å². The Morgan fingerprint density at radius 3 is 2.77 bits per heavy atom. The number of aryl methyl sites for hydroxylation is 2. The van der Waals surface area contributed by atoms with Gasteiger partial charge in [-0.1, -0.05) is 11.6 Å². The second kappa shape index (κ2) is 7.24. The normalized spacial score (nSPS) is 10.9. The van der Waals surface area contributed by atoms with Gasteiger partial charge in [-0.05, 0) is 45.7 Å². The molecule has 0 bridgehead atoms. The summed E-state index contributed by atoms with van der Waals surface area (Å²) < 4.78 is 5.54. The van der Waals surface area contributed by atoms with Crippen LogP contribution >= 0.6 is 0 Å². The number of nitrogens with zero attached hydrogens (tertiary/aromatic N) is 2. The molecule has 22 heavy (non-hydrogen) atoms. The van der Waals surface area contributed by atoms with Gasteiger partial charge in [0.2, 0.25) is 0 Å². The Balaban J connectivity index is 2.25. The number of aromatic nitrogens is 1. The second-order valence-corrected chi connectivity index (χ2v) is 5.84. The standard InChI is InChI=1S/C18H23N3O/c1-12(2)22-7-5-6-20-18-15(10-19)11-21-17-14(4)8-13(3)9-16(17)18/h8-9,11-12H,5-7H2,1-4H3,(H,20,21). The maximum absolute atomic E-state index is 9.34. The molecule has 1 heterocycles. The van der Waals surface area contributed by atoms with Crippen molar-refractivity contribution in [3.05, 3.63) is 35.0 Å². The van der Waals surface area contributed by atoms with Gasteiger partial charge in [0.25, 0.3) is 0 Å². The molecule has 0 aliphatic heterocycles. The lowest BCUT2D eigenvalue weighted by atomic mass is 10.0. The van der Waals surface area contributed by atoms with Crippen molar-refractivity contribution in [3.63, 3.8) is 0 Å². The zero-order chi connectivity index (χ0) is 16.1. The number of benzene rings is 1. The van der Waals surface area contributed by atoms with Crippen LogP contribution in [-0.4, -0.2) is 24.2 Å². The van der Waals surface area contributed by atoms with Crippen LogP contribution in [0.2, 0.25) is 0 Å². The molecule has 116 valence electrons. The van der Waals surface area contributed by atoms with Crippen molar-refractivity contribution in [3.8, 4) is 6.07 Å². The van der Waals surface area contributed by atoms with E-state index in [9.17, 15) is 5.26 Å². The van der Waals surface area contributed by atoms with Gasteiger partial charge in [0, 0.05) is 24.7 Å². The Morgan fingerprint density at radius 1 is 1.32 bits per heavy atom. The van der Waals surface area contributed by atoms with Gasteiger partial charge >= 0.3 is 0 Å². The van der Waals surface area contributed by atoms with E-state index < -0.39 is 0 Å². The van der Waals surface area contributed by atoms with Gasteiger partial charge in [-0.3, -0.25) is 4.98 Å². The van der Waals surface area contributed by atoms with Crippen LogP contribution in [0, 0.1) is 25.2 Å². The Labute approximate surface area is 132 Å². The van der Waals surface area contributed by atoms with Crippen molar-refractivity contribution >= 4 is 16.6 Å². The molecule has 0 spiro atoms. The molecule has 0 amide bonds. The van der Waals surface area contributed by atoms with Crippen molar-refractivity contribution in [1.29, 1.82) is 5.26 Å². The number of hydrogen-bond acceptors (Lipinski definition) is 4. The molecule has 1 aromatic heterocycles. The number of ether oxygens (including phenoxy) is 1. The molecule has 2 aromatic rings. The minimum atomic E-state index is 0.252. The van der Waals surface area contributed by atoms with Crippen LogP contribution in [0.4, 0.5) is 5.69 Å². The zero-order valence-electron chi connectivity index (χ0n) is 13.7. The molecule has 0 aliphatic carbocycles. The lowest BCUT2D eigenvalue weighted by Gasteiger charge is -2.14. The summed E-state index contributed by atoms with van der Waals surface area (Å²) in [6.45, 7) is 9.66. The monoisotopic (exact) mass is 297 g/mol. The number of anilines is 1. The van der Waals surface area contributed by atoms with E-state index >= 15 is 0 Å². The van der Waals surface area contributed by atoms with E-state index in [0.29, 0.717) is 12.2 Å². The number of hydrogen-bond donors (Lipinski definition) is 1. The predicted octanol–water partition coefficient (Wildman–Crippen LogP) is 3.95. The molecule has 0 atom stereocenters. The van der Waals surface area contributed by atoms with Crippen LogP contribution in [0.25, 0.3) is 10.9 Å². The first-order valence-corrected chi connectivity index (χ1v) is 7.68. The van der Waals surface area contributed by atoms with Gasteiger partial charge in [-0.15, -0.1) is 0 Å². The maximum atomic E-state index is 9.34. The molecule has 4 nitrogen and oxygen atoms in total. The first-order chi connectivity index (χ1) is 10.5. The van der Waals surface area contributed by atoms with Gasteiger partial charge in [0.1, 0.15) is 6.07 Å². The summed E-state index contributed by atoms with van der Waals surface area (Å²) in [5, 5.41) is 13.7. The quantitative estimate of drug-likeness (QED) is 0.820. The van der Waals surface area contributed by atoms with E-state index in [1.165, 1.54) is 5.56 Å². The molecule has 1 N–H and O–H groups in total. The Hall–Kier alpha value is -2.12. The third-order valence-electron chi connectivity index (χ3n) is 3.50. The zero-order valence-corrected chi connectivity index (χ0v) is 13.7. The average molecular weight is 297 g/mol. The molecule has 2 rings (SSSR count). The van der Waals surface area contributed by atoms with Crippen LogP contribution < -0.4 is 5.32 Å². The summed E-state index contributed by atoms with van der Waals surface area (Å²) in [7, 11) is 0.